The van der Waals surface area contributed by atoms with E-state index in [1.807, 2.05) is 0 Å². The third-order valence-electron chi connectivity index (χ3n) is 3.36. The molecule has 0 atom stereocenters. The van der Waals surface area contributed by atoms with E-state index in [0.717, 1.165) is 19.6 Å². The second-order valence-corrected chi connectivity index (χ2v) is 4.39. The zero-order valence-electron chi connectivity index (χ0n) is 9.10. The molecule has 0 aromatic rings. The molecule has 80 valence electrons. The first-order valence-electron chi connectivity index (χ1n) is 5.44. The van der Waals surface area contributed by atoms with E-state index >= 15 is 0 Å². The second kappa shape index (κ2) is 4.43. The standard InChI is InChI=1S/C11H20N2O/c1-8(9-6-12-7-9)5-13-10-3-11(4-10)14-2/h10-13H,3-7H2,1-2H3. The van der Waals surface area contributed by atoms with Crippen LogP contribution in [0.15, 0.2) is 11.1 Å². The summed E-state index contributed by atoms with van der Waals surface area (Å²) in [5, 5.41) is 6.83. The first-order chi connectivity index (χ1) is 6.79. The van der Waals surface area contributed by atoms with Crippen LogP contribution in [0.2, 0.25) is 0 Å². The summed E-state index contributed by atoms with van der Waals surface area (Å²) in [5.41, 5.74) is 3.10. The van der Waals surface area contributed by atoms with E-state index in [1.165, 1.54) is 18.4 Å². The largest absolute Gasteiger partial charge is 0.381 e. The molecule has 1 aliphatic carbocycles. The predicted octanol–water partition coefficient (Wildman–Crippen LogP) is 0.673. The molecule has 0 aromatic carbocycles. The summed E-state index contributed by atoms with van der Waals surface area (Å²) in [6.07, 6.45) is 2.86. The first-order valence-corrected chi connectivity index (χ1v) is 5.44. The van der Waals surface area contributed by atoms with Crippen LogP contribution in [0.1, 0.15) is 19.8 Å². The molecule has 1 saturated heterocycles. The molecule has 2 rings (SSSR count). The minimum absolute atomic E-state index is 0.505. The fourth-order valence-electron chi connectivity index (χ4n) is 1.90. The van der Waals surface area contributed by atoms with E-state index in [1.54, 1.807) is 12.7 Å². The molecule has 0 bridgehead atoms. The normalized spacial score (nSPS) is 30.9. The van der Waals surface area contributed by atoms with Gasteiger partial charge in [-0.25, -0.2) is 0 Å². The van der Waals surface area contributed by atoms with Crippen LogP contribution < -0.4 is 10.6 Å². The SMILES string of the molecule is COC1CC(NCC(C)=C2CNC2)C1. The van der Waals surface area contributed by atoms with Crippen molar-refractivity contribution in [1.29, 1.82) is 0 Å². The minimum atomic E-state index is 0.505. The fourth-order valence-corrected chi connectivity index (χ4v) is 1.90. The lowest BCUT2D eigenvalue weighted by Gasteiger charge is -2.35. The molecule has 3 heteroatoms. The molecule has 1 aliphatic heterocycles. The van der Waals surface area contributed by atoms with Gasteiger partial charge in [0.25, 0.3) is 0 Å². The Hall–Kier alpha value is -0.380. The molecule has 0 spiro atoms. The maximum absolute atomic E-state index is 5.24. The highest BCUT2D eigenvalue weighted by Gasteiger charge is 2.28. The zero-order chi connectivity index (χ0) is 9.97. The van der Waals surface area contributed by atoms with Gasteiger partial charge in [0.1, 0.15) is 0 Å². The molecular formula is C11H20N2O. The maximum Gasteiger partial charge on any atom is 0.0601 e. The maximum atomic E-state index is 5.24. The van der Waals surface area contributed by atoms with Gasteiger partial charge >= 0.3 is 0 Å². The minimum Gasteiger partial charge on any atom is -0.381 e. The number of methoxy groups -OCH3 is 1. The number of hydrogen-bond acceptors (Lipinski definition) is 3. The monoisotopic (exact) mass is 196 g/mol. The smallest absolute Gasteiger partial charge is 0.0601 e. The molecule has 2 N–H and O–H groups in total. The van der Waals surface area contributed by atoms with Crippen LogP contribution in [0.3, 0.4) is 0 Å². The van der Waals surface area contributed by atoms with Crippen molar-refractivity contribution in [3.05, 3.63) is 11.1 Å². The number of rotatable bonds is 4. The average molecular weight is 196 g/mol. The number of nitrogens with one attached hydrogen (secondary N) is 2. The summed E-state index contributed by atoms with van der Waals surface area (Å²) in [6.45, 7) is 5.48. The van der Waals surface area contributed by atoms with Crippen LogP contribution >= 0.6 is 0 Å². The van der Waals surface area contributed by atoms with Gasteiger partial charge in [0.2, 0.25) is 0 Å². The number of ether oxygens (including phenoxy) is 1. The third-order valence-corrected chi connectivity index (χ3v) is 3.36. The number of hydrogen-bond donors (Lipinski definition) is 2. The Balaban J connectivity index is 1.64. The van der Waals surface area contributed by atoms with Crippen molar-refractivity contribution in [2.75, 3.05) is 26.7 Å². The molecule has 0 radical (unpaired) electrons. The van der Waals surface area contributed by atoms with Gasteiger partial charge in [-0.3, -0.25) is 0 Å². The first kappa shape index (κ1) is 10.1. The molecule has 0 unspecified atom stereocenters. The molecule has 2 fully saturated rings. The highest BCUT2D eigenvalue weighted by Crippen LogP contribution is 2.22. The van der Waals surface area contributed by atoms with Crippen LogP contribution in [0.4, 0.5) is 0 Å². The van der Waals surface area contributed by atoms with Crippen molar-refractivity contribution >= 4 is 0 Å². The molecule has 2 aliphatic rings. The van der Waals surface area contributed by atoms with Gasteiger partial charge in [-0.1, -0.05) is 5.57 Å². The summed E-state index contributed by atoms with van der Waals surface area (Å²) >= 11 is 0. The van der Waals surface area contributed by atoms with Crippen LogP contribution in [0.25, 0.3) is 0 Å². The van der Waals surface area contributed by atoms with E-state index in [0.29, 0.717) is 12.1 Å². The van der Waals surface area contributed by atoms with Gasteiger partial charge in [0.15, 0.2) is 0 Å². The highest BCUT2D eigenvalue weighted by molar-refractivity contribution is 5.22. The Morgan fingerprint density at radius 2 is 2.21 bits per heavy atom. The van der Waals surface area contributed by atoms with Crippen molar-refractivity contribution in [3.8, 4) is 0 Å². The Labute approximate surface area is 85.9 Å². The van der Waals surface area contributed by atoms with Crippen molar-refractivity contribution in [3.63, 3.8) is 0 Å². The van der Waals surface area contributed by atoms with E-state index in [2.05, 4.69) is 17.6 Å². The molecule has 3 nitrogen and oxygen atoms in total. The van der Waals surface area contributed by atoms with Crippen LogP contribution in [0, 0.1) is 0 Å². The fraction of sp³-hybridized carbons (Fsp3) is 0.818. The van der Waals surface area contributed by atoms with Gasteiger partial charge in [-0.05, 0) is 25.3 Å². The second-order valence-electron chi connectivity index (χ2n) is 4.39. The Morgan fingerprint density at radius 1 is 1.50 bits per heavy atom. The Morgan fingerprint density at radius 3 is 2.71 bits per heavy atom. The van der Waals surface area contributed by atoms with E-state index in [4.69, 9.17) is 4.74 Å². The topological polar surface area (TPSA) is 33.3 Å². The summed E-state index contributed by atoms with van der Waals surface area (Å²) < 4.78 is 5.24. The third kappa shape index (κ3) is 2.16. The molecular weight excluding hydrogens is 176 g/mol. The molecule has 0 aromatic heterocycles. The van der Waals surface area contributed by atoms with Crippen LogP contribution in [0.5, 0.6) is 0 Å². The molecule has 1 saturated carbocycles. The quantitative estimate of drug-likeness (QED) is 0.649. The van der Waals surface area contributed by atoms with Gasteiger partial charge in [-0.15, -0.1) is 0 Å². The Kier molecular flexibility index (Phi) is 3.21. The molecule has 0 amide bonds. The van der Waals surface area contributed by atoms with Crippen molar-refractivity contribution in [1.82, 2.24) is 10.6 Å². The van der Waals surface area contributed by atoms with Crippen molar-refractivity contribution in [2.24, 2.45) is 0 Å². The summed E-state index contributed by atoms with van der Waals surface area (Å²) in [4.78, 5) is 0. The zero-order valence-corrected chi connectivity index (χ0v) is 9.10. The van der Waals surface area contributed by atoms with Gasteiger partial charge in [-0.2, -0.15) is 0 Å². The van der Waals surface area contributed by atoms with Crippen LogP contribution in [-0.4, -0.2) is 38.9 Å². The summed E-state index contributed by atoms with van der Waals surface area (Å²) in [5.74, 6) is 0. The van der Waals surface area contributed by atoms with Crippen LogP contribution in [-0.2, 0) is 4.74 Å². The highest BCUT2D eigenvalue weighted by atomic mass is 16.5. The van der Waals surface area contributed by atoms with Crippen molar-refractivity contribution < 1.29 is 4.74 Å². The lowest BCUT2D eigenvalue weighted by atomic mass is 9.89. The molecule has 1 heterocycles. The summed E-state index contributed by atoms with van der Waals surface area (Å²) in [6, 6.07) is 0.684. The van der Waals surface area contributed by atoms with E-state index < -0.39 is 0 Å². The summed E-state index contributed by atoms with van der Waals surface area (Å²) in [7, 11) is 1.80. The van der Waals surface area contributed by atoms with E-state index in [-0.39, 0.29) is 0 Å². The van der Waals surface area contributed by atoms with Crippen molar-refractivity contribution in [2.45, 2.75) is 31.9 Å². The van der Waals surface area contributed by atoms with Gasteiger partial charge in [0, 0.05) is 32.8 Å². The predicted molar refractivity (Wildman–Crippen MR) is 57.4 cm³/mol. The molecule has 14 heavy (non-hydrogen) atoms. The Bertz CT molecular complexity index is 225. The lowest BCUT2D eigenvalue weighted by Crippen LogP contribution is -2.46. The van der Waals surface area contributed by atoms with Gasteiger partial charge in [0.05, 0.1) is 6.10 Å². The lowest BCUT2D eigenvalue weighted by molar-refractivity contribution is 0.0183. The average Bonchev–Trinajstić information content (AvgIpc) is 1.98. The van der Waals surface area contributed by atoms with Gasteiger partial charge < -0.3 is 15.4 Å². The van der Waals surface area contributed by atoms with E-state index in [9.17, 15) is 0 Å².